The summed E-state index contributed by atoms with van der Waals surface area (Å²) in [6, 6.07) is 7.79. The molecule has 1 aromatic carbocycles. The number of hydrogen-bond donors (Lipinski definition) is 1. The van der Waals surface area contributed by atoms with Crippen LogP contribution in [0.1, 0.15) is 36.0 Å². The van der Waals surface area contributed by atoms with Crippen LogP contribution >= 0.6 is 0 Å². The van der Waals surface area contributed by atoms with Crippen LogP contribution < -0.4 is 0 Å². The van der Waals surface area contributed by atoms with E-state index in [1.54, 1.807) is 29.2 Å². The van der Waals surface area contributed by atoms with Crippen LogP contribution in [-0.4, -0.2) is 58.4 Å². The molecule has 0 bridgehead atoms. The van der Waals surface area contributed by atoms with Crippen LogP contribution in [0.4, 0.5) is 0 Å². The lowest BCUT2D eigenvalue weighted by atomic mass is 9.84. The van der Waals surface area contributed by atoms with Gasteiger partial charge in [-0.15, -0.1) is 0 Å². The molecule has 2 amide bonds. The maximum atomic E-state index is 12.8. The predicted octanol–water partition coefficient (Wildman–Crippen LogP) is 1.61. The highest BCUT2D eigenvalue weighted by Crippen LogP contribution is 2.28. The topological polar surface area (TPSA) is 77.9 Å². The van der Waals surface area contributed by atoms with Crippen molar-refractivity contribution >= 4 is 17.8 Å². The fourth-order valence-electron chi connectivity index (χ4n) is 3.36. The van der Waals surface area contributed by atoms with Gasteiger partial charge in [-0.3, -0.25) is 14.4 Å². The normalized spacial score (nSPS) is 21.5. The highest BCUT2D eigenvalue weighted by Gasteiger charge is 2.39. The van der Waals surface area contributed by atoms with E-state index in [1.807, 2.05) is 6.07 Å². The first-order valence-corrected chi connectivity index (χ1v) is 8.43. The van der Waals surface area contributed by atoms with Crippen molar-refractivity contribution in [3.63, 3.8) is 0 Å². The molecule has 2 fully saturated rings. The molecule has 1 saturated carbocycles. The number of carboxylic acids is 1. The van der Waals surface area contributed by atoms with Gasteiger partial charge in [0, 0.05) is 25.2 Å². The fourth-order valence-corrected chi connectivity index (χ4v) is 3.36. The summed E-state index contributed by atoms with van der Waals surface area (Å²) in [7, 11) is 0. The lowest BCUT2D eigenvalue weighted by molar-refractivity contribution is -0.148. The average molecular weight is 330 g/mol. The zero-order valence-electron chi connectivity index (χ0n) is 13.6. The van der Waals surface area contributed by atoms with Gasteiger partial charge in [-0.25, -0.2) is 0 Å². The zero-order valence-corrected chi connectivity index (χ0v) is 13.6. The second-order valence-electron chi connectivity index (χ2n) is 6.56. The van der Waals surface area contributed by atoms with Gasteiger partial charge in [-0.2, -0.15) is 0 Å². The van der Waals surface area contributed by atoms with Crippen LogP contribution in [0.3, 0.4) is 0 Å². The number of aliphatic carboxylic acids is 1. The maximum absolute atomic E-state index is 12.8. The van der Waals surface area contributed by atoms with Crippen LogP contribution in [0, 0.1) is 5.92 Å². The van der Waals surface area contributed by atoms with Crippen molar-refractivity contribution in [2.75, 3.05) is 19.6 Å². The standard InChI is InChI=1S/C18H22N2O4/c21-16(22)11-15-18(24)19(12-13-5-4-6-13)9-10-20(15)17(23)14-7-2-1-3-8-14/h1-3,7-8,13,15H,4-6,9-12H2,(H,21,22). The van der Waals surface area contributed by atoms with Crippen LogP contribution in [0.5, 0.6) is 0 Å². The second kappa shape index (κ2) is 7.03. The quantitative estimate of drug-likeness (QED) is 0.890. The van der Waals surface area contributed by atoms with Crippen LogP contribution in [0.15, 0.2) is 30.3 Å². The van der Waals surface area contributed by atoms with Crippen LogP contribution in [0.25, 0.3) is 0 Å². The van der Waals surface area contributed by atoms with Crippen LogP contribution in [-0.2, 0) is 9.59 Å². The molecule has 1 heterocycles. The van der Waals surface area contributed by atoms with E-state index in [0.717, 1.165) is 12.8 Å². The third-order valence-electron chi connectivity index (χ3n) is 4.94. The number of carboxylic acid groups (broad SMARTS) is 1. The second-order valence-corrected chi connectivity index (χ2v) is 6.56. The summed E-state index contributed by atoms with van der Waals surface area (Å²) in [5, 5.41) is 9.17. The van der Waals surface area contributed by atoms with E-state index in [9.17, 15) is 19.5 Å². The summed E-state index contributed by atoms with van der Waals surface area (Å²) in [6.45, 7) is 1.54. The minimum Gasteiger partial charge on any atom is -0.481 e. The summed E-state index contributed by atoms with van der Waals surface area (Å²) in [4.78, 5) is 39.8. The number of carbonyl (C=O) groups excluding carboxylic acids is 2. The molecule has 0 aromatic heterocycles. The van der Waals surface area contributed by atoms with Crippen molar-refractivity contribution in [3.05, 3.63) is 35.9 Å². The molecule has 1 aliphatic heterocycles. The first-order valence-electron chi connectivity index (χ1n) is 8.43. The number of nitrogens with zero attached hydrogens (tertiary/aromatic N) is 2. The van der Waals surface area contributed by atoms with Gasteiger partial charge in [-0.05, 0) is 30.9 Å². The minimum absolute atomic E-state index is 0.236. The minimum atomic E-state index is -1.07. The zero-order chi connectivity index (χ0) is 17.1. The van der Waals surface area contributed by atoms with Crippen molar-refractivity contribution in [3.8, 4) is 0 Å². The Balaban J connectivity index is 1.77. The molecule has 1 aliphatic carbocycles. The predicted molar refractivity (Wildman–Crippen MR) is 87.4 cm³/mol. The molecule has 2 aliphatic rings. The average Bonchev–Trinajstić information content (AvgIpc) is 2.54. The van der Waals surface area contributed by atoms with E-state index >= 15 is 0 Å². The monoisotopic (exact) mass is 330 g/mol. The highest BCUT2D eigenvalue weighted by molar-refractivity contribution is 5.99. The van der Waals surface area contributed by atoms with Crippen molar-refractivity contribution in [1.29, 1.82) is 0 Å². The van der Waals surface area contributed by atoms with Gasteiger partial charge in [0.05, 0.1) is 6.42 Å². The lowest BCUT2D eigenvalue weighted by Gasteiger charge is -2.42. The molecule has 0 radical (unpaired) electrons. The van der Waals surface area contributed by atoms with E-state index in [4.69, 9.17) is 0 Å². The van der Waals surface area contributed by atoms with Crippen molar-refractivity contribution in [2.45, 2.75) is 31.7 Å². The third kappa shape index (κ3) is 3.42. The number of rotatable bonds is 5. The van der Waals surface area contributed by atoms with Gasteiger partial charge in [0.25, 0.3) is 5.91 Å². The van der Waals surface area contributed by atoms with Gasteiger partial charge in [0.15, 0.2) is 0 Å². The molecule has 1 N–H and O–H groups in total. The maximum Gasteiger partial charge on any atom is 0.305 e. The van der Waals surface area contributed by atoms with Gasteiger partial charge in [0.2, 0.25) is 5.91 Å². The molecular weight excluding hydrogens is 308 g/mol. The molecular formula is C18H22N2O4. The number of piperazine rings is 1. The van der Waals surface area contributed by atoms with Gasteiger partial charge in [-0.1, -0.05) is 24.6 Å². The van der Waals surface area contributed by atoms with E-state index in [2.05, 4.69) is 0 Å². The number of amides is 2. The smallest absolute Gasteiger partial charge is 0.305 e. The molecule has 0 spiro atoms. The Morgan fingerprint density at radius 3 is 2.42 bits per heavy atom. The summed E-state index contributed by atoms with van der Waals surface area (Å²) in [5.41, 5.74) is 0.480. The first kappa shape index (κ1) is 16.5. The van der Waals surface area contributed by atoms with Gasteiger partial charge in [0.1, 0.15) is 6.04 Å². The van der Waals surface area contributed by atoms with Crippen molar-refractivity contribution < 1.29 is 19.5 Å². The van der Waals surface area contributed by atoms with Crippen LogP contribution in [0.2, 0.25) is 0 Å². The molecule has 1 atom stereocenters. The van der Waals surface area contributed by atoms with Gasteiger partial charge < -0.3 is 14.9 Å². The Labute approximate surface area is 141 Å². The molecule has 6 heteroatoms. The molecule has 3 rings (SSSR count). The largest absolute Gasteiger partial charge is 0.481 e. The van der Waals surface area contributed by atoms with Crippen molar-refractivity contribution in [1.82, 2.24) is 9.80 Å². The summed E-state index contributed by atoms with van der Waals surface area (Å²) in [5.74, 6) is -1.06. The third-order valence-corrected chi connectivity index (χ3v) is 4.94. The Hall–Kier alpha value is -2.37. The molecule has 6 nitrogen and oxygen atoms in total. The molecule has 1 saturated heterocycles. The van der Waals surface area contributed by atoms with E-state index < -0.39 is 12.0 Å². The molecule has 1 aromatic rings. The summed E-state index contributed by atoms with van der Waals surface area (Å²) >= 11 is 0. The Bertz CT molecular complexity index is 627. The first-order chi connectivity index (χ1) is 11.6. The number of benzene rings is 1. The Morgan fingerprint density at radius 2 is 1.83 bits per heavy atom. The van der Waals surface area contributed by atoms with Gasteiger partial charge >= 0.3 is 5.97 Å². The molecule has 24 heavy (non-hydrogen) atoms. The fraction of sp³-hybridized carbons (Fsp3) is 0.500. The number of hydrogen-bond acceptors (Lipinski definition) is 3. The summed E-state index contributed by atoms with van der Waals surface area (Å²) in [6.07, 6.45) is 3.10. The lowest BCUT2D eigenvalue weighted by Crippen LogP contribution is -2.60. The van der Waals surface area contributed by atoms with E-state index in [-0.39, 0.29) is 18.2 Å². The van der Waals surface area contributed by atoms with E-state index in [0.29, 0.717) is 31.1 Å². The summed E-state index contributed by atoms with van der Waals surface area (Å²) < 4.78 is 0. The Kier molecular flexibility index (Phi) is 4.83. The number of carbonyl (C=O) groups is 3. The van der Waals surface area contributed by atoms with E-state index in [1.165, 1.54) is 11.3 Å². The molecule has 128 valence electrons. The van der Waals surface area contributed by atoms with Crippen molar-refractivity contribution in [2.24, 2.45) is 5.92 Å². The Morgan fingerprint density at radius 1 is 1.12 bits per heavy atom. The highest BCUT2D eigenvalue weighted by atomic mass is 16.4. The molecule has 1 unspecified atom stereocenters. The SMILES string of the molecule is O=C(O)CC1C(=O)N(CC2CCC2)CCN1C(=O)c1ccccc1.